The fraction of sp³-hybridized carbons (Fsp3) is 0.438. The normalized spacial score (nSPS) is 19.1. The molecule has 0 saturated carbocycles. The molecule has 0 aliphatic carbocycles. The highest BCUT2D eigenvalue weighted by Crippen LogP contribution is 2.08. The molecule has 0 aromatic heterocycles. The Morgan fingerprint density at radius 2 is 1.79 bits per heavy atom. The number of nitrogens with one attached hydrogen (secondary N) is 2. The molecule has 19 heavy (non-hydrogen) atoms. The summed E-state index contributed by atoms with van der Waals surface area (Å²) in [5, 5.41) is 6.50. The molecule has 1 aromatic carbocycles. The molecule has 3 nitrogen and oxygen atoms in total. The minimum absolute atomic E-state index is 0. The molecule has 4 radical (unpaired) electrons. The average molecular weight is 260 g/mol. The predicted octanol–water partition coefficient (Wildman–Crippen LogP) is 2.60. The molecule has 1 amide bonds. The topological polar surface area (TPSA) is 41.1 Å². The van der Waals surface area contributed by atoms with Gasteiger partial charge in [-0.3, -0.25) is 4.79 Å². The first-order valence-electron chi connectivity index (χ1n) is 6.43. The van der Waals surface area contributed by atoms with Gasteiger partial charge in [0.15, 0.2) is 0 Å². The number of amides is 1. The van der Waals surface area contributed by atoms with Gasteiger partial charge in [-0.1, -0.05) is 39.5 Å². The van der Waals surface area contributed by atoms with E-state index in [4.69, 9.17) is 0 Å². The third-order valence-electron chi connectivity index (χ3n) is 3.20. The van der Waals surface area contributed by atoms with Crippen LogP contribution in [-0.4, -0.2) is 25.0 Å². The predicted molar refractivity (Wildman–Crippen MR) is 79.7 cm³/mol. The number of hydrogen-bond donors (Lipinski definition) is 2. The number of rotatable bonds is 2. The van der Waals surface area contributed by atoms with E-state index in [0.717, 1.165) is 31.5 Å². The molecule has 1 aliphatic rings. The van der Waals surface area contributed by atoms with Gasteiger partial charge in [-0.15, -0.1) is 0 Å². The summed E-state index contributed by atoms with van der Waals surface area (Å²) in [7, 11) is 0. The molecule has 1 heterocycles. The average Bonchev–Trinajstić information content (AvgIpc) is 2.33. The van der Waals surface area contributed by atoms with E-state index in [1.807, 2.05) is 30.3 Å². The minimum atomic E-state index is 0. The van der Waals surface area contributed by atoms with Gasteiger partial charge in [0.1, 0.15) is 0 Å². The van der Waals surface area contributed by atoms with Crippen molar-refractivity contribution in [2.75, 3.05) is 13.1 Å². The Hall–Kier alpha value is -1.35. The van der Waals surface area contributed by atoms with Crippen molar-refractivity contribution in [2.45, 2.75) is 31.7 Å². The van der Waals surface area contributed by atoms with E-state index < -0.39 is 0 Å². The summed E-state index contributed by atoms with van der Waals surface area (Å²) < 4.78 is 0. The molecule has 0 spiro atoms. The zero-order valence-electron chi connectivity index (χ0n) is 11.5. The Morgan fingerprint density at radius 3 is 2.53 bits per heavy atom. The number of benzene rings is 1. The maximum atomic E-state index is 12.0. The van der Waals surface area contributed by atoms with Crippen molar-refractivity contribution in [2.24, 2.45) is 0 Å². The third kappa shape index (κ3) is 5.88. The van der Waals surface area contributed by atoms with E-state index in [1.54, 1.807) is 0 Å². The summed E-state index contributed by atoms with van der Waals surface area (Å²) >= 11 is 0. The molecule has 2 N–H and O–H groups in total. The molecule has 0 bridgehead atoms. The van der Waals surface area contributed by atoms with Crippen LogP contribution < -0.4 is 10.6 Å². The molecule has 1 unspecified atom stereocenters. The molecule has 1 atom stereocenters. The fourth-order valence-electron chi connectivity index (χ4n) is 2.19. The van der Waals surface area contributed by atoms with Crippen LogP contribution in [0.25, 0.3) is 0 Å². The highest BCUT2D eigenvalue weighted by molar-refractivity contribution is 5.94. The van der Waals surface area contributed by atoms with E-state index in [2.05, 4.69) is 10.6 Å². The standard InChI is InChI=1S/C14H20N2O.2CH2/c17-14(12-6-2-1-3-7-12)16-13-8-4-5-10-15-11-9-13;;/h1-3,6-7,13,15H,4-5,8-11H2,(H,16,17);2*1H2. The summed E-state index contributed by atoms with van der Waals surface area (Å²) in [6, 6.07) is 9.75. The van der Waals surface area contributed by atoms with Gasteiger partial charge in [-0.25, -0.2) is 0 Å². The van der Waals surface area contributed by atoms with Gasteiger partial charge in [0.2, 0.25) is 0 Å². The number of carbonyl (C=O) groups is 1. The molecule has 2 rings (SSSR count). The highest BCUT2D eigenvalue weighted by Gasteiger charge is 2.14. The Balaban J connectivity index is 0.00000162. The first-order valence-corrected chi connectivity index (χ1v) is 6.43. The molecule has 1 saturated heterocycles. The van der Waals surface area contributed by atoms with Crippen LogP contribution >= 0.6 is 0 Å². The van der Waals surface area contributed by atoms with Crippen LogP contribution in [0, 0.1) is 14.9 Å². The van der Waals surface area contributed by atoms with Gasteiger partial charge in [-0.05, 0) is 44.5 Å². The second-order valence-corrected chi connectivity index (χ2v) is 4.57. The SMILES string of the molecule is O=C(NC1CCCCNCC1)c1ccccc1.[CH2].[CH2]. The van der Waals surface area contributed by atoms with Gasteiger partial charge < -0.3 is 10.6 Å². The Labute approximate surface area is 117 Å². The molecule has 3 heteroatoms. The van der Waals surface area contributed by atoms with Crippen molar-refractivity contribution in [3.63, 3.8) is 0 Å². The van der Waals surface area contributed by atoms with E-state index in [0.29, 0.717) is 6.04 Å². The Kier molecular flexibility index (Phi) is 8.88. The first-order chi connectivity index (χ1) is 8.36. The minimum Gasteiger partial charge on any atom is -0.349 e. The van der Waals surface area contributed by atoms with Crippen molar-refractivity contribution in [1.82, 2.24) is 10.6 Å². The highest BCUT2D eigenvalue weighted by atomic mass is 16.1. The zero-order chi connectivity index (χ0) is 11.9. The smallest absolute Gasteiger partial charge is 0.251 e. The molecular formula is C16H24N2O. The quantitative estimate of drug-likeness (QED) is 0.858. The van der Waals surface area contributed by atoms with Gasteiger partial charge in [0.05, 0.1) is 0 Å². The van der Waals surface area contributed by atoms with Crippen molar-refractivity contribution in [3.05, 3.63) is 50.7 Å². The fourth-order valence-corrected chi connectivity index (χ4v) is 2.19. The molecule has 1 aromatic rings. The van der Waals surface area contributed by atoms with Crippen molar-refractivity contribution < 1.29 is 4.79 Å². The van der Waals surface area contributed by atoms with E-state index >= 15 is 0 Å². The molecular weight excluding hydrogens is 236 g/mol. The first kappa shape index (κ1) is 17.6. The molecule has 104 valence electrons. The second-order valence-electron chi connectivity index (χ2n) is 4.57. The lowest BCUT2D eigenvalue weighted by Crippen LogP contribution is -2.38. The van der Waals surface area contributed by atoms with E-state index in [9.17, 15) is 4.79 Å². The Bertz CT molecular complexity index is 343. The summed E-state index contributed by atoms with van der Waals surface area (Å²) in [6.45, 7) is 2.11. The van der Waals surface area contributed by atoms with Gasteiger partial charge in [0.25, 0.3) is 5.91 Å². The maximum absolute atomic E-state index is 12.0. The van der Waals surface area contributed by atoms with Crippen molar-refractivity contribution in [3.8, 4) is 0 Å². The summed E-state index contributed by atoms with van der Waals surface area (Å²) in [5.74, 6) is 0.0520. The van der Waals surface area contributed by atoms with Gasteiger partial charge in [0, 0.05) is 11.6 Å². The monoisotopic (exact) mass is 260 g/mol. The van der Waals surface area contributed by atoms with Gasteiger partial charge >= 0.3 is 0 Å². The number of carbonyl (C=O) groups excluding carboxylic acids is 1. The van der Waals surface area contributed by atoms with Crippen LogP contribution in [0.4, 0.5) is 0 Å². The lowest BCUT2D eigenvalue weighted by Gasteiger charge is -2.21. The molecule has 1 fully saturated rings. The van der Waals surface area contributed by atoms with Crippen LogP contribution in [0.3, 0.4) is 0 Å². The van der Waals surface area contributed by atoms with E-state index in [1.165, 1.54) is 12.8 Å². The van der Waals surface area contributed by atoms with Gasteiger partial charge in [-0.2, -0.15) is 0 Å². The van der Waals surface area contributed by atoms with E-state index in [-0.39, 0.29) is 20.8 Å². The van der Waals surface area contributed by atoms with Crippen LogP contribution in [0.2, 0.25) is 0 Å². The van der Waals surface area contributed by atoms with Crippen molar-refractivity contribution in [1.29, 1.82) is 0 Å². The summed E-state index contributed by atoms with van der Waals surface area (Å²) in [6.07, 6.45) is 4.52. The number of hydrogen-bond acceptors (Lipinski definition) is 2. The largest absolute Gasteiger partial charge is 0.349 e. The molecule has 1 aliphatic heterocycles. The zero-order valence-corrected chi connectivity index (χ0v) is 11.5. The van der Waals surface area contributed by atoms with Crippen LogP contribution in [0.5, 0.6) is 0 Å². The lowest BCUT2D eigenvalue weighted by molar-refractivity contribution is 0.0931. The summed E-state index contributed by atoms with van der Waals surface area (Å²) in [5.41, 5.74) is 0.752. The van der Waals surface area contributed by atoms with Crippen LogP contribution in [0.15, 0.2) is 30.3 Å². The third-order valence-corrected chi connectivity index (χ3v) is 3.20. The lowest BCUT2D eigenvalue weighted by atomic mass is 10.0. The van der Waals surface area contributed by atoms with Crippen LogP contribution in [-0.2, 0) is 0 Å². The second kappa shape index (κ2) is 9.56. The van der Waals surface area contributed by atoms with Crippen molar-refractivity contribution >= 4 is 5.91 Å². The summed E-state index contributed by atoms with van der Waals surface area (Å²) in [4.78, 5) is 12.0. The maximum Gasteiger partial charge on any atom is 0.251 e. The van der Waals surface area contributed by atoms with Crippen LogP contribution in [0.1, 0.15) is 36.0 Å². The Morgan fingerprint density at radius 1 is 1.05 bits per heavy atom.